The molecule has 0 amide bonds. The van der Waals surface area contributed by atoms with Crippen molar-refractivity contribution in [2.45, 2.75) is 26.8 Å². The van der Waals surface area contributed by atoms with Gasteiger partial charge in [-0.2, -0.15) is 4.65 Å². The van der Waals surface area contributed by atoms with Gasteiger partial charge in [0.2, 0.25) is 0 Å². The lowest BCUT2D eigenvalue weighted by molar-refractivity contribution is -1.10. The van der Waals surface area contributed by atoms with Crippen LogP contribution in [0.15, 0.2) is 0 Å². The second-order valence-corrected chi connectivity index (χ2v) is 2.77. The van der Waals surface area contributed by atoms with Gasteiger partial charge in [-0.1, -0.05) is 0 Å². The number of rotatable bonds is 3. The molecule has 1 unspecified atom stereocenters. The van der Waals surface area contributed by atoms with Gasteiger partial charge in [0, 0.05) is 0 Å². The summed E-state index contributed by atoms with van der Waals surface area (Å²) >= 11 is 0. The number of nitrogens with zero attached hydrogens (tertiary/aromatic N) is 1. The van der Waals surface area contributed by atoms with Crippen LogP contribution in [0.4, 0.5) is 0 Å². The quantitative estimate of drug-likeness (QED) is 0.405. The van der Waals surface area contributed by atoms with Crippen LogP contribution in [0.1, 0.15) is 20.8 Å². The average Bonchev–Trinajstić information content (AvgIpc) is 1.86. The summed E-state index contributed by atoms with van der Waals surface area (Å²) in [6.45, 7) is 7.47. The summed E-state index contributed by atoms with van der Waals surface area (Å²) in [5.41, 5.74) is 0. The van der Waals surface area contributed by atoms with Gasteiger partial charge in [0.1, 0.15) is 12.6 Å². The SMILES string of the molecule is CC[N+](C)(OC)C(C)C.[Br-]. The third-order valence-electron chi connectivity index (χ3n) is 2.14. The maximum Gasteiger partial charge on any atom is 0.113 e. The predicted octanol–water partition coefficient (Wildman–Crippen LogP) is -1.57. The second kappa shape index (κ2) is 5.10. The normalized spacial score (nSPS) is 16.2. The van der Waals surface area contributed by atoms with Gasteiger partial charge in [0.15, 0.2) is 0 Å². The Kier molecular flexibility index (Phi) is 6.65. The highest BCUT2D eigenvalue weighted by Crippen LogP contribution is 2.07. The van der Waals surface area contributed by atoms with Gasteiger partial charge in [-0.15, -0.1) is 0 Å². The minimum atomic E-state index is 0. The Balaban J connectivity index is 0. The molecule has 64 valence electrons. The Morgan fingerprint density at radius 2 is 1.80 bits per heavy atom. The molecular formula is C7H18BrNO. The highest BCUT2D eigenvalue weighted by Gasteiger charge is 2.23. The summed E-state index contributed by atoms with van der Waals surface area (Å²) < 4.78 is 0.694. The van der Waals surface area contributed by atoms with E-state index >= 15 is 0 Å². The van der Waals surface area contributed by atoms with E-state index in [9.17, 15) is 0 Å². The van der Waals surface area contributed by atoms with E-state index in [4.69, 9.17) is 4.84 Å². The van der Waals surface area contributed by atoms with Crippen LogP contribution in [0.5, 0.6) is 0 Å². The van der Waals surface area contributed by atoms with Crippen molar-refractivity contribution in [1.29, 1.82) is 0 Å². The van der Waals surface area contributed by atoms with Crippen LogP contribution in [-0.2, 0) is 4.84 Å². The first kappa shape index (κ1) is 13.0. The van der Waals surface area contributed by atoms with Crippen molar-refractivity contribution in [3.63, 3.8) is 0 Å². The summed E-state index contributed by atoms with van der Waals surface area (Å²) in [6, 6.07) is 0.542. The van der Waals surface area contributed by atoms with Crippen molar-refractivity contribution >= 4 is 0 Å². The van der Waals surface area contributed by atoms with Crippen molar-refractivity contribution in [1.82, 2.24) is 0 Å². The van der Waals surface area contributed by atoms with E-state index in [1.165, 1.54) is 0 Å². The number of halogens is 1. The van der Waals surface area contributed by atoms with Crippen molar-refractivity contribution in [3.8, 4) is 0 Å². The van der Waals surface area contributed by atoms with E-state index in [1.807, 2.05) is 0 Å². The molecule has 0 rings (SSSR count). The van der Waals surface area contributed by atoms with Crippen molar-refractivity contribution in [2.75, 3.05) is 20.7 Å². The third-order valence-corrected chi connectivity index (χ3v) is 2.14. The van der Waals surface area contributed by atoms with Gasteiger partial charge < -0.3 is 17.0 Å². The van der Waals surface area contributed by atoms with E-state index in [0.29, 0.717) is 10.7 Å². The molecule has 0 fully saturated rings. The fourth-order valence-corrected chi connectivity index (χ4v) is 0.705. The van der Waals surface area contributed by atoms with Gasteiger partial charge in [-0.3, -0.25) is 0 Å². The zero-order valence-corrected chi connectivity index (χ0v) is 9.10. The van der Waals surface area contributed by atoms with Gasteiger partial charge in [0.25, 0.3) is 0 Å². The van der Waals surface area contributed by atoms with Crippen LogP contribution in [0.2, 0.25) is 0 Å². The lowest BCUT2D eigenvalue weighted by atomic mass is 10.3. The number of hydrogen-bond acceptors (Lipinski definition) is 1. The first-order valence-electron chi connectivity index (χ1n) is 3.47. The van der Waals surface area contributed by atoms with Crippen LogP contribution in [0, 0.1) is 0 Å². The minimum Gasteiger partial charge on any atom is -1.00 e. The summed E-state index contributed by atoms with van der Waals surface area (Å²) in [7, 11) is 3.84. The molecule has 10 heavy (non-hydrogen) atoms. The molecule has 0 aliphatic carbocycles. The second-order valence-electron chi connectivity index (χ2n) is 2.77. The van der Waals surface area contributed by atoms with Gasteiger partial charge >= 0.3 is 0 Å². The molecule has 0 N–H and O–H groups in total. The molecule has 0 aliphatic heterocycles. The number of hydroxylamine groups is 3. The summed E-state index contributed by atoms with van der Waals surface area (Å²) in [5.74, 6) is 0. The highest BCUT2D eigenvalue weighted by molar-refractivity contribution is 4.32. The Morgan fingerprint density at radius 3 is 1.80 bits per heavy atom. The standard InChI is InChI=1S/C7H18NO.BrH/c1-6-8(4,9-5)7(2)3;/h7H,6H2,1-5H3;1H/q+1;/p-1. The number of quaternary nitrogens is 1. The maximum atomic E-state index is 5.29. The zero-order valence-electron chi connectivity index (χ0n) is 7.52. The molecule has 2 nitrogen and oxygen atoms in total. The van der Waals surface area contributed by atoms with E-state index in [0.717, 1.165) is 6.54 Å². The molecule has 0 heterocycles. The van der Waals surface area contributed by atoms with E-state index in [-0.39, 0.29) is 17.0 Å². The molecule has 0 saturated carbocycles. The van der Waals surface area contributed by atoms with Crippen molar-refractivity contribution in [2.24, 2.45) is 0 Å². The molecule has 0 aromatic heterocycles. The van der Waals surface area contributed by atoms with Crippen molar-refractivity contribution in [3.05, 3.63) is 0 Å². The molecular weight excluding hydrogens is 194 g/mol. The highest BCUT2D eigenvalue weighted by atomic mass is 79.9. The third kappa shape index (κ3) is 2.99. The van der Waals surface area contributed by atoms with Gasteiger partial charge in [0.05, 0.1) is 14.2 Å². The summed E-state index contributed by atoms with van der Waals surface area (Å²) in [5, 5.41) is 0. The largest absolute Gasteiger partial charge is 1.00 e. The Morgan fingerprint density at radius 1 is 1.40 bits per heavy atom. The summed E-state index contributed by atoms with van der Waals surface area (Å²) in [6.07, 6.45) is 0. The Bertz CT molecular complexity index is 81.7. The average molecular weight is 212 g/mol. The van der Waals surface area contributed by atoms with E-state index in [1.54, 1.807) is 7.11 Å². The molecule has 1 atom stereocenters. The summed E-state index contributed by atoms with van der Waals surface area (Å²) in [4.78, 5) is 5.29. The predicted molar refractivity (Wildman–Crippen MR) is 38.9 cm³/mol. The van der Waals surface area contributed by atoms with Gasteiger partial charge in [-0.05, 0) is 20.8 Å². The monoisotopic (exact) mass is 211 g/mol. The first-order valence-corrected chi connectivity index (χ1v) is 3.47. The smallest absolute Gasteiger partial charge is 0.113 e. The molecule has 0 spiro atoms. The molecule has 0 aromatic carbocycles. The Hall–Kier alpha value is 0.400. The lowest BCUT2D eigenvalue weighted by Crippen LogP contribution is -3.00. The van der Waals surface area contributed by atoms with Gasteiger partial charge in [-0.25, -0.2) is 4.84 Å². The molecule has 0 aromatic rings. The fraction of sp³-hybridized carbons (Fsp3) is 1.00. The topological polar surface area (TPSA) is 9.23 Å². The van der Waals surface area contributed by atoms with Crippen LogP contribution in [0.25, 0.3) is 0 Å². The zero-order chi connectivity index (χ0) is 7.49. The number of hydrogen-bond donors (Lipinski definition) is 0. The lowest BCUT2D eigenvalue weighted by Gasteiger charge is -2.32. The van der Waals surface area contributed by atoms with E-state index in [2.05, 4.69) is 27.8 Å². The first-order chi connectivity index (χ1) is 4.06. The van der Waals surface area contributed by atoms with Crippen LogP contribution in [0.3, 0.4) is 0 Å². The molecule has 3 heteroatoms. The van der Waals surface area contributed by atoms with Crippen LogP contribution >= 0.6 is 0 Å². The molecule has 0 radical (unpaired) electrons. The van der Waals surface area contributed by atoms with Crippen LogP contribution < -0.4 is 17.0 Å². The fourth-order valence-electron chi connectivity index (χ4n) is 0.705. The molecule has 0 saturated heterocycles. The molecule has 0 bridgehead atoms. The molecule has 0 aliphatic rings. The minimum absolute atomic E-state index is 0. The van der Waals surface area contributed by atoms with E-state index < -0.39 is 0 Å². The Labute approximate surface area is 74.5 Å². The van der Waals surface area contributed by atoms with Crippen LogP contribution in [-0.4, -0.2) is 31.4 Å². The van der Waals surface area contributed by atoms with Crippen molar-refractivity contribution < 1.29 is 26.5 Å². The maximum absolute atomic E-state index is 5.29.